The van der Waals surface area contributed by atoms with Gasteiger partial charge in [0.25, 0.3) is 6.43 Å². The summed E-state index contributed by atoms with van der Waals surface area (Å²) in [7, 11) is 0. The highest BCUT2D eigenvalue weighted by Crippen LogP contribution is 2.29. The molecule has 2 aromatic rings. The van der Waals surface area contributed by atoms with Gasteiger partial charge in [-0.2, -0.15) is 0 Å². The van der Waals surface area contributed by atoms with Crippen molar-refractivity contribution in [3.63, 3.8) is 0 Å². The predicted octanol–water partition coefficient (Wildman–Crippen LogP) is 4.37. The summed E-state index contributed by atoms with van der Waals surface area (Å²) in [5, 5.41) is 0. The topological polar surface area (TPSA) is 0 Å². The Hall–Kier alpha value is -1.84. The van der Waals surface area contributed by atoms with E-state index in [2.05, 4.69) is 6.07 Å². The highest BCUT2D eigenvalue weighted by molar-refractivity contribution is 5.65. The van der Waals surface area contributed by atoms with Crippen molar-refractivity contribution in [3.8, 4) is 11.1 Å². The smallest absolute Gasteiger partial charge is 0.206 e. The van der Waals surface area contributed by atoms with Crippen molar-refractivity contribution >= 4 is 0 Å². The first-order valence-electron chi connectivity index (χ1n) is 4.84. The Balaban J connectivity index is 2.57. The van der Waals surface area contributed by atoms with Crippen LogP contribution in [0.15, 0.2) is 36.4 Å². The number of alkyl halides is 2. The van der Waals surface area contributed by atoms with E-state index in [4.69, 9.17) is 0 Å². The molecule has 0 aliphatic carbocycles. The van der Waals surface area contributed by atoms with Crippen molar-refractivity contribution < 1.29 is 17.6 Å². The Kier molecular flexibility index (Phi) is 3.13. The zero-order valence-electron chi connectivity index (χ0n) is 8.55. The van der Waals surface area contributed by atoms with Crippen LogP contribution in [0.5, 0.6) is 0 Å². The molecule has 4 heteroatoms. The molecule has 0 nitrogen and oxygen atoms in total. The molecule has 0 aliphatic heterocycles. The van der Waals surface area contributed by atoms with E-state index in [1.165, 1.54) is 18.2 Å². The van der Waals surface area contributed by atoms with E-state index in [1.807, 2.05) is 0 Å². The van der Waals surface area contributed by atoms with Gasteiger partial charge in [0.1, 0.15) is 11.6 Å². The molecule has 0 N–H and O–H groups in total. The van der Waals surface area contributed by atoms with E-state index in [0.717, 1.165) is 18.2 Å². The summed E-state index contributed by atoms with van der Waals surface area (Å²) in [5.41, 5.74) is -0.608. The van der Waals surface area contributed by atoms with Crippen molar-refractivity contribution in [2.75, 3.05) is 0 Å². The largest absolute Gasteiger partial charge is 0.264 e. The number of hydrogen-bond acceptors (Lipinski definition) is 0. The van der Waals surface area contributed by atoms with Gasteiger partial charge in [-0.3, -0.25) is 0 Å². The van der Waals surface area contributed by atoms with Crippen LogP contribution in [0.3, 0.4) is 0 Å². The van der Waals surface area contributed by atoms with E-state index in [1.54, 1.807) is 0 Å². The first kappa shape index (κ1) is 11.6. The Labute approximate surface area is 95.5 Å². The lowest BCUT2D eigenvalue weighted by atomic mass is 10.0. The fourth-order valence-electron chi connectivity index (χ4n) is 1.54. The maximum absolute atomic E-state index is 13.4. The van der Waals surface area contributed by atoms with Gasteiger partial charge in [-0.25, -0.2) is 17.6 Å². The van der Waals surface area contributed by atoms with Gasteiger partial charge in [0.15, 0.2) is 0 Å². The average Bonchev–Trinajstić information content (AvgIpc) is 2.29. The molecule has 17 heavy (non-hydrogen) atoms. The minimum atomic E-state index is -2.72. The van der Waals surface area contributed by atoms with Crippen molar-refractivity contribution in [2.45, 2.75) is 6.43 Å². The fourth-order valence-corrected chi connectivity index (χ4v) is 1.54. The number of hydrogen-bond donors (Lipinski definition) is 0. The first-order chi connectivity index (χ1) is 8.09. The molecule has 0 unspecified atom stereocenters. The Morgan fingerprint density at radius 1 is 1.00 bits per heavy atom. The van der Waals surface area contributed by atoms with Gasteiger partial charge in [0, 0.05) is 5.56 Å². The third kappa shape index (κ3) is 2.30. The van der Waals surface area contributed by atoms with Crippen LogP contribution in [-0.4, -0.2) is 0 Å². The van der Waals surface area contributed by atoms with E-state index in [-0.39, 0.29) is 16.7 Å². The van der Waals surface area contributed by atoms with Crippen LogP contribution in [0, 0.1) is 17.7 Å². The summed E-state index contributed by atoms with van der Waals surface area (Å²) >= 11 is 0. The van der Waals surface area contributed by atoms with Crippen LogP contribution in [0.4, 0.5) is 17.6 Å². The molecule has 0 spiro atoms. The Morgan fingerprint density at radius 3 is 2.24 bits per heavy atom. The van der Waals surface area contributed by atoms with Crippen LogP contribution in [-0.2, 0) is 0 Å². The standard InChI is InChI=1S/C13H7F4/c14-10-5-2-6-11(15)12(10)8-3-1-4-9(7-8)13(16)17/h1-3,5-7,13H. The normalized spacial score (nSPS) is 10.9. The zero-order chi connectivity index (χ0) is 12.4. The molecule has 0 bridgehead atoms. The molecule has 0 heterocycles. The molecule has 0 atom stereocenters. The molecular weight excluding hydrogens is 232 g/mol. The van der Waals surface area contributed by atoms with Crippen molar-refractivity contribution in [1.82, 2.24) is 0 Å². The molecule has 0 aliphatic rings. The van der Waals surface area contributed by atoms with Gasteiger partial charge < -0.3 is 0 Å². The van der Waals surface area contributed by atoms with Gasteiger partial charge in [-0.05, 0) is 29.8 Å². The highest BCUT2D eigenvalue weighted by atomic mass is 19.3. The van der Waals surface area contributed by atoms with Crippen molar-refractivity contribution in [1.29, 1.82) is 0 Å². The van der Waals surface area contributed by atoms with Gasteiger partial charge in [-0.1, -0.05) is 18.2 Å². The average molecular weight is 239 g/mol. The van der Waals surface area contributed by atoms with E-state index < -0.39 is 18.1 Å². The van der Waals surface area contributed by atoms with Crippen LogP contribution in [0.1, 0.15) is 12.0 Å². The lowest BCUT2D eigenvalue weighted by Crippen LogP contribution is -1.91. The molecule has 0 amide bonds. The molecule has 0 saturated heterocycles. The minimum absolute atomic E-state index is 0.0784. The van der Waals surface area contributed by atoms with Crippen LogP contribution in [0.25, 0.3) is 11.1 Å². The lowest BCUT2D eigenvalue weighted by molar-refractivity contribution is 0.151. The van der Waals surface area contributed by atoms with Gasteiger partial charge >= 0.3 is 0 Å². The summed E-state index contributed by atoms with van der Waals surface area (Å²) in [6.07, 6.45) is -2.72. The summed E-state index contributed by atoms with van der Waals surface area (Å²) in [6, 6.07) is 9.30. The van der Waals surface area contributed by atoms with Crippen LogP contribution >= 0.6 is 0 Å². The molecule has 2 aromatic carbocycles. The van der Waals surface area contributed by atoms with Crippen LogP contribution in [0.2, 0.25) is 0 Å². The molecule has 1 radical (unpaired) electrons. The van der Waals surface area contributed by atoms with E-state index in [9.17, 15) is 17.6 Å². The van der Waals surface area contributed by atoms with Crippen molar-refractivity contribution in [2.24, 2.45) is 0 Å². The number of benzene rings is 2. The predicted molar refractivity (Wildman–Crippen MR) is 55.6 cm³/mol. The van der Waals surface area contributed by atoms with Gasteiger partial charge in [-0.15, -0.1) is 0 Å². The Bertz CT molecular complexity index is 514. The SMILES string of the molecule is Fc1cccc(F)c1-c1cc[c]c(C(F)F)c1. The maximum Gasteiger partial charge on any atom is 0.264 e. The molecule has 0 aromatic heterocycles. The van der Waals surface area contributed by atoms with Gasteiger partial charge in [0.05, 0.1) is 5.56 Å². The molecular formula is C13H7F4. The Morgan fingerprint density at radius 2 is 1.65 bits per heavy atom. The van der Waals surface area contributed by atoms with E-state index >= 15 is 0 Å². The summed E-state index contributed by atoms with van der Waals surface area (Å²) in [4.78, 5) is 0. The summed E-state index contributed by atoms with van der Waals surface area (Å²) in [6.45, 7) is 0. The third-order valence-electron chi connectivity index (χ3n) is 2.31. The lowest BCUT2D eigenvalue weighted by Gasteiger charge is -2.06. The monoisotopic (exact) mass is 239 g/mol. The number of rotatable bonds is 2. The quantitative estimate of drug-likeness (QED) is 0.682. The van der Waals surface area contributed by atoms with Crippen molar-refractivity contribution in [3.05, 3.63) is 59.7 Å². The second-order valence-electron chi connectivity index (χ2n) is 3.43. The third-order valence-corrected chi connectivity index (χ3v) is 2.31. The molecule has 0 fully saturated rings. The second-order valence-corrected chi connectivity index (χ2v) is 3.43. The van der Waals surface area contributed by atoms with Crippen LogP contribution < -0.4 is 0 Å². The molecule has 2 rings (SSSR count). The first-order valence-corrected chi connectivity index (χ1v) is 4.84. The molecule has 0 saturated carbocycles. The summed E-state index contributed by atoms with van der Waals surface area (Å²) < 4.78 is 51.8. The number of halogens is 4. The maximum atomic E-state index is 13.4. The van der Waals surface area contributed by atoms with E-state index in [0.29, 0.717) is 0 Å². The minimum Gasteiger partial charge on any atom is -0.206 e. The summed E-state index contributed by atoms with van der Waals surface area (Å²) in [5.74, 6) is -1.56. The second kappa shape index (κ2) is 4.57. The highest BCUT2D eigenvalue weighted by Gasteiger charge is 2.13. The zero-order valence-corrected chi connectivity index (χ0v) is 8.55. The fraction of sp³-hybridized carbons (Fsp3) is 0.0769. The molecule has 87 valence electrons. The van der Waals surface area contributed by atoms with Gasteiger partial charge in [0.2, 0.25) is 0 Å².